The molecule has 0 N–H and O–H groups in total. The minimum atomic E-state index is -3.53. The standard InChI is InChI=1S/C26H35N3O4S2/c1-4-33-15-7-14-29-25-12-11-23(35(30,31)28-13-6-8-20(2)18-28)17-24(25)27-26(29)34-19-21-9-5-10-22(16-21)32-3/h5,9-12,16-17,20H,4,6-8,13-15,18-19H2,1-3H3/t20-/m1/s1. The number of sulfonamides is 1. The van der Waals surface area contributed by atoms with Gasteiger partial charge in [-0.25, -0.2) is 13.4 Å². The van der Waals surface area contributed by atoms with Gasteiger partial charge in [-0.2, -0.15) is 4.31 Å². The number of rotatable bonds is 11. The Hall–Kier alpha value is -2.07. The van der Waals surface area contributed by atoms with Gasteiger partial charge in [0.05, 0.1) is 23.0 Å². The number of aromatic nitrogens is 2. The average Bonchev–Trinajstić information content (AvgIpc) is 3.22. The molecule has 4 rings (SSSR count). The lowest BCUT2D eigenvalue weighted by molar-refractivity contribution is 0.141. The highest BCUT2D eigenvalue weighted by Gasteiger charge is 2.29. The number of benzene rings is 2. The summed E-state index contributed by atoms with van der Waals surface area (Å²) in [5, 5.41) is 0.875. The highest BCUT2D eigenvalue weighted by atomic mass is 32.2. The maximum atomic E-state index is 13.3. The molecule has 1 fully saturated rings. The lowest BCUT2D eigenvalue weighted by atomic mass is 10.0. The van der Waals surface area contributed by atoms with E-state index in [1.165, 1.54) is 0 Å². The molecule has 7 nitrogen and oxygen atoms in total. The van der Waals surface area contributed by atoms with E-state index in [0.717, 1.165) is 53.5 Å². The second kappa shape index (κ2) is 11.8. The largest absolute Gasteiger partial charge is 0.497 e. The van der Waals surface area contributed by atoms with E-state index in [1.54, 1.807) is 35.3 Å². The first-order valence-corrected chi connectivity index (χ1v) is 14.7. The third-order valence-corrected chi connectivity index (χ3v) is 9.23. The normalized spacial score (nSPS) is 17.2. The van der Waals surface area contributed by atoms with Crippen molar-refractivity contribution in [2.45, 2.75) is 55.5 Å². The molecule has 1 atom stereocenters. The molecule has 0 spiro atoms. The number of methoxy groups -OCH3 is 1. The van der Waals surface area contributed by atoms with Crippen LogP contribution >= 0.6 is 11.8 Å². The summed E-state index contributed by atoms with van der Waals surface area (Å²) in [6, 6.07) is 13.4. The summed E-state index contributed by atoms with van der Waals surface area (Å²) in [5.41, 5.74) is 2.80. The van der Waals surface area contributed by atoms with Gasteiger partial charge in [0.15, 0.2) is 5.16 Å². The van der Waals surface area contributed by atoms with Gasteiger partial charge in [0.2, 0.25) is 10.0 Å². The fraction of sp³-hybridized carbons (Fsp3) is 0.500. The lowest BCUT2D eigenvalue weighted by Gasteiger charge is -2.30. The highest BCUT2D eigenvalue weighted by Crippen LogP contribution is 2.31. The zero-order chi connectivity index (χ0) is 24.8. The van der Waals surface area contributed by atoms with Crippen molar-refractivity contribution < 1.29 is 17.9 Å². The van der Waals surface area contributed by atoms with Gasteiger partial charge >= 0.3 is 0 Å². The molecule has 0 radical (unpaired) electrons. The van der Waals surface area contributed by atoms with Gasteiger partial charge in [0.25, 0.3) is 0 Å². The molecule has 0 unspecified atom stereocenters. The topological polar surface area (TPSA) is 73.7 Å². The average molecular weight is 518 g/mol. The van der Waals surface area contributed by atoms with Gasteiger partial charge in [-0.1, -0.05) is 30.8 Å². The van der Waals surface area contributed by atoms with Gasteiger partial charge in [0, 0.05) is 38.6 Å². The van der Waals surface area contributed by atoms with Gasteiger partial charge < -0.3 is 14.0 Å². The van der Waals surface area contributed by atoms with Gasteiger partial charge in [-0.05, 0) is 68.0 Å². The van der Waals surface area contributed by atoms with E-state index in [9.17, 15) is 8.42 Å². The number of imidazole rings is 1. The van der Waals surface area contributed by atoms with Crippen LogP contribution in [0.5, 0.6) is 5.75 Å². The first kappa shape index (κ1) is 26.0. The van der Waals surface area contributed by atoms with Crippen LogP contribution in [0.1, 0.15) is 38.7 Å². The third-order valence-electron chi connectivity index (χ3n) is 6.32. The molecule has 1 aliphatic heterocycles. The zero-order valence-electron chi connectivity index (χ0n) is 20.8. The lowest BCUT2D eigenvalue weighted by Crippen LogP contribution is -2.39. The number of fused-ring (bicyclic) bond motifs is 1. The molecule has 1 saturated heterocycles. The number of thioether (sulfide) groups is 1. The smallest absolute Gasteiger partial charge is 0.243 e. The molecule has 1 aromatic heterocycles. The molecule has 3 aromatic rings. The van der Waals surface area contributed by atoms with E-state index in [2.05, 4.69) is 17.6 Å². The molecule has 0 amide bonds. The maximum absolute atomic E-state index is 13.3. The molecule has 0 bridgehead atoms. The Bertz CT molecular complexity index is 1240. The van der Waals surface area contributed by atoms with Gasteiger partial charge in [-0.15, -0.1) is 0 Å². The summed E-state index contributed by atoms with van der Waals surface area (Å²) in [6.45, 7) is 7.39. The Morgan fingerprint density at radius 1 is 1.20 bits per heavy atom. The number of ether oxygens (including phenoxy) is 2. The Kier molecular flexibility index (Phi) is 8.75. The number of aryl methyl sites for hydroxylation is 1. The maximum Gasteiger partial charge on any atom is 0.243 e. The summed E-state index contributed by atoms with van der Waals surface area (Å²) in [4.78, 5) is 5.20. The van der Waals surface area contributed by atoms with E-state index in [0.29, 0.717) is 42.6 Å². The van der Waals surface area contributed by atoms with Crippen LogP contribution in [0.3, 0.4) is 0 Å². The second-order valence-electron chi connectivity index (χ2n) is 9.00. The van der Waals surface area contributed by atoms with Crippen molar-refractivity contribution in [3.8, 4) is 5.75 Å². The van der Waals surface area contributed by atoms with Crippen LogP contribution in [0, 0.1) is 5.92 Å². The monoisotopic (exact) mass is 517 g/mol. The Morgan fingerprint density at radius 2 is 2.06 bits per heavy atom. The van der Waals surface area contributed by atoms with Crippen LogP contribution in [0.15, 0.2) is 52.5 Å². The molecule has 1 aliphatic rings. The molecule has 2 aromatic carbocycles. The molecule has 0 aliphatic carbocycles. The summed E-state index contributed by atoms with van der Waals surface area (Å²) in [5.74, 6) is 1.95. The summed E-state index contributed by atoms with van der Waals surface area (Å²) in [6.07, 6.45) is 2.84. The van der Waals surface area contributed by atoms with Crippen molar-refractivity contribution in [2.75, 3.05) is 33.4 Å². The molecule has 9 heteroatoms. The van der Waals surface area contributed by atoms with E-state index in [4.69, 9.17) is 14.5 Å². The molecular weight excluding hydrogens is 482 g/mol. The van der Waals surface area contributed by atoms with Gasteiger partial charge in [0.1, 0.15) is 5.75 Å². The number of hydrogen-bond acceptors (Lipinski definition) is 6. The zero-order valence-corrected chi connectivity index (χ0v) is 22.4. The van der Waals surface area contributed by atoms with E-state index in [1.807, 2.05) is 31.2 Å². The number of nitrogens with zero attached hydrogens (tertiary/aromatic N) is 3. The number of hydrogen-bond donors (Lipinski definition) is 0. The first-order valence-electron chi connectivity index (χ1n) is 12.3. The fourth-order valence-corrected chi connectivity index (χ4v) is 7.07. The molecule has 2 heterocycles. The molecule has 0 saturated carbocycles. The van der Waals surface area contributed by atoms with E-state index >= 15 is 0 Å². The van der Waals surface area contributed by atoms with Gasteiger partial charge in [-0.3, -0.25) is 0 Å². The van der Waals surface area contributed by atoms with Crippen LogP contribution in [0.2, 0.25) is 0 Å². The Morgan fingerprint density at radius 3 is 2.83 bits per heavy atom. The van der Waals surface area contributed by atoms with Crippen molar-refractivity contribution in [2.24, 2.45) is 5.92 Å². The van der Waals surface area contributed by atoms with Crippen LogP contribution < -0.4 is 4.74 Å². The van der Waals surface area contributed by atoms with E-state index in [-0.39, 0.29) is 0 Å². The summed E-state index contributed by atoms with van der Waals surface area (Å²) >= 11 is 1.65. The highest BCUT2D eigenvalue weighted by molar-refractivity contribution is 7.98. The second-order valence-corrected chi connectivity index (χ2v) is 11.9. The van der Waals surface area contributed by atoms with Crippen molar-refractivity contribution in [1.82, 2.24) is 13.9 Å². The van der Waals surface area contributed by atoms with Crippen molar-refractivity contribution in [3.05, 3.63) is 48.0 Å². The van der Waals surface area contributed by atoms with Crippen LogP contribution in [-0.2, 0) is 27.1 Å². The predicted octanol–water partition coefficient (Wildman–Crippen LogP) is 5.18. The van der Waals surface area contributed by atoms with Crippen LogP contribution in [0.4, 0.5) is 0 Å². The van der Waals surface area contributed by atoms with E-state index < -0.39 is 10.0 Å². The fourth-order valence-electron chi connectivity index (χ4n) is 4.47. The summed E-state index contributed by atoms with van der Waals surface area (Å²) < 4.78 is 41.4. The van der Waals surface area contributed by atoms with Crippen molar-refractivity contribution >= 4 is 32.8 Å². The molecule has 190 valence electrons. The molecule has 35 heavy (non-hydrogen) atoms. The van der Waals surface area contributed by atoms with Crippen LogP contribution in [0.25, 0.3) is 11.0 Å². The third kappa shape index (κ3) is 6.20. The minimum absolute atomic E-state index is 0.322. The molecular formula is C26H35N3O4S2. The predicted molar refractivity (Wildman–Crippen MR) is 141 cm³/mol. The minimum Gasteiger partial charge on any atom is -0.497 e. The number of piperidine rings is 1. The SMILES string of the molecule is CCOCCCn1c(SCc2cccc(OC)c2)nc2cc(S(=O)(=O)N3CCC[C@@H](C)C3)ccc21. The van der Waals surface area contributed by atoms with Crippen LogP contribution in [-0.4, -0.2) is 55.7 Å². The Balaban J connectivity index is 1.62. The van der Waals surface area contributed by atoms with Crippen molar-refractivity contribution in [1.29, 1.82) is 0 Å². The van der Waals surface area contributed by atoms with Crippen molar-refractivity contribution in [3.63, 3.8) is 0 Å². The Labute approximate surface area is 212 Å². The quantitative estimate of drug-likeness (QED) is 0.258. The summed E-state index contributed by atoms with van der Waals surface area (Å²) in [7, 11) is -1.87. The first-order chi connectivity index (χ1) is 16.9.